The fourth-order valence-electron chi connectivity index (χ4n) is 0.981. The van der Waals surface area contributed by atoms with Crippen molar-refractivity contribution in [2.45, 2.75) is 4.90 Å². The van der Waals surface area contributed by atoms with Crippen molar-refractivity contribution >= 4 is 23.0 Å². The molecule has 1 rings (SSSR count). The van der Waals surface area contributed by atoms with E-state index in [1.807, 2.05) is 0 Å². The van der Waals surface area contributed by atoms with Crippen molar-refractivity contribution in [3.05, 3.63) is 29.8 Å². The number of benzene rings is 1. The van der Waals surface area contributed by atoms with Gasteiger partial charge in [-0.25, -0.2) is 4.21 Å². The maximum Gasteiger partial charge on any atom is 0.322 e. The summed E-state index contributed by atoms with van der Waals surface area (Å²) < 4.78 is 19.4. The average Bonchev–Trinajstić information content (AvgIpc) is 2.26. The number of carbonyl (C=O) groups excluding carboxylic acids is 1. The van der Waals surface area contributed by atoms with Gasteiger partial charge in [0.2, 0.25) is 0 Å². The summed E-state index contributed by atoms with van der Waals surface area (Å²) in [5.74, 6) is -1.68. The Kier molecular flexibility index (Phi) is 4.15. The first-order valence-corrected chi connectivity index (χ1v) is 5.32. The van der Waals surface area contributed by atoms with Crippen molar-refractivity contribution in [1.82, 2.24) is 5.32 Å². The molecule has 0 bridgehead atoms. The third kappa shape index (κ3) is 3.44. The smallest absolute Gasteiger partial charge is 0.322 e. The molecule has 6 nitrogen and oxygen atoms in total. The summed E-state index contributed by atoms with van der Waals surface area (Å²) in [6.45, 7) is -0.466. The van der Waals surface area contributed by atoms with E-state index in [9.17, 15) is 13.8 Å². The van der Waals surface area contributed by atoms with Crippen molar-refractivity contribution in [3.8, 4) is 0 Å². The van der Waals surface area contributed by atoms with Crippen molar-refractivity contribution in [1.29, 1.82) is 0 Å². The lowest BCUT2D eigenvalue weighted by atomic mass is 10.2. The molecule has 0 aliphatic carbocycles. The fourth-order valence-corrected chi connectivity index (χ4v) is 1.35. The van der Waals surface area contributed by atoms with Gasteiger partial charge in [0.05, 0.1) is 4.90 Å². The Morgan fingerprint density at radius 1 is 1.25 bits per heavy atom. The van der Waals surface area contributed by atoms with E-state index in [1.165, 1.54) is 24.3 Å². The summed E-state index contributed by atoms with van der Waals surface area (Å²) in [6.07, 6.45) is 0. The minimum absolute atomic E-state index is 0.176. The van der Waals surface area contributed by atoms with Gasteiger partial charge < -0.3 is 15.0 Å². The zero-order valence-corrected chi connectivity index (χ0v) is 8.86. The second-order valence-electron chi connectivity index (χ2n) is 2.85. The van der Waals surface area contributed by atoms with Gasteiger partial charge in [-0.1, -0.05) is 0 Å². The van der Waals surface area contributed by atoms with E-state index < -0.39 is 29.5 Å². The van der Waals surface area contributed by atoms with Gasteiger partial charge in [-0.3, -0.25) is 9.59 Å². The fraction of sp³-hybridized carbons (Fsp3) is 0.111. The molecule has 1 aromatic carbocycles. The number of hydrogen-bond acceptors (Lipinski definition) is 3. The number of hydrogen-bond donors (Lipinski definition) is 3. The van der Waals surface area contributed by atoms with E-state index in [4.69, 9.17) is 9.66 Å². The Morgan fingerprint density at radius 2 is 1.81 bits per heavy atom. The highest BCUT2D eigenvalue weighted by atomic mass is 32.2. The van der Waals surface area contributed by atoms with Crippen LogP contribution in [0.3, 0.4) is 0 Å². The summed E-state index contributed by atoms with van der Waals surface area (Å²) >= 11 is -2.09. The van der Waals surface area contributed by atoms with Gasteiger partial charge in [0.15, 0.2) is 11.1 Å². The number of carbonyl (C=O) groups is 2. The predicted octanol–water partition coefficient (Wildman–Crippen LogP) is 0.0816. The minimum atomic E-state index is -2.09. The first-order valence-electron chi connectivity index (χ1n) is 4.21. The van der Waals surface area contributed by atoms with Gasteiger partial charge in [-0.2, -0.15) is 0 Å². The molecule has 3 N–H and O–H groups in total. The molecule has 0 heterocycles. The molecule has 0 fully saturated rings. The number of amides is 1. The van der Waals surface area contributed by atoms with Crippen molar-refractivity contribution in [3.63, 3.8) is 0 Å². The number of carboxylic acids is 1. The van der Waals surface area contributed by atoms with Crippen LogP contribution in [0.4, 0.5) is 0 Å². The molecule has 0 aliphatic heterocycles. The first-order chi connectivity index (χ1) is 7.50. The van der Waals surface area contributed by atoms with Crippen molar-refractivity contribution < 1.29 is 23.5 Å². The molecule has 86 valence electrons. The molecular formula is C9H9NO5S. The molecule has 0 radical (unpaired) electrons. The predicted molar refractivity (Wildman–Crippen MR) is 55.4 cm³/mol. The minimum Gasteiger partial charge on any atom is -0.480 e. The number of aliphatic carboxylic acids is 1. The summed E-state index contributed by atoms with van der Waals surface area (Å²) in [7, 11) is 0. The maximum atomic E-state index is 11.3. The van der Waals surface area contributed by atoms with Crippen LogP contribution in [-0.4, -0.2) is 32.3 Å². The van der Waals surface area contributed by atoms with Gasteiger partial charge in [0, 0.05) is 5.56 Å². The van der Waals surface area contributed by atoms with E-state index in [0.29, 0.717) is 0 Å². The van der Waals surface area contributed by atoms with Gasteiger partial charge >= 0.3 is 5.97 Å². The second-order valence-corrected chi connectivity index (χ2v) is 3.82. The van der Waals surface area contributed by atoms with E-state index >= 15 is 0 Å². The lowest BCUT2D eigenvalue weighted by Gasteiger charge is -2.02. The van der Waals surface area contributed by atoms with Gasteiger partial charge in [-0.15, -0.1) is 0 Å². The van der Waals surface area contributed by atoms with E-state index in [1.54, 1.807) is 0 Å². The molecule has 1 amide bonds. The molecule has 0 spiro atoms. The highest BCUT2D eigenvalue weighted by Gasteiger charge is 2.07. The molecule has 1 unspecified atom stereocenters. The second kappa shape index (κ2) is 5.38. The van der Waals surface area contributed by atoms with Crippen LogP contribution in [0.1, 0.15) is 10.4 Å². The van der Waals surface area contributed by atoms with Crippen LogP contribution in [0.15, 0.2) is 29.2 Å². The maximum absolute atomic E-state index is 11.3. The van der Waals surface area contributed by atoms with Crippen LogP contribution in [0.25, 0.3) is 0 Å². The van der Waals surface area contributed by atoms with Crippen LogP contribution in [0.2, 0.25) is 0 Å². The Balaban J connectivity index is 2.70. The van der Waals surface area contributed by atoms with Crippen LogP contribution >= 0.6 is 0 Å². The Bertz CT molecular complexity index is 428. The van der Waals surface area contributed by atoms with E-state index in [-0.39, 0.29) is 10.5 Å². The highest BCUT2D eigenvalue weighted by Crippen LogP contribution is 2.07. The summed E-state index contributed by atoms with van der Waals surface area (Å²) in [5, 5.41) is 10.5. The van der Waals surface area contributed by atoms with E-state index in [2.05, 4.69) is 5.32 Å². The number of rotatable bonds is 4. The first kappa shape index (κ1) is 12.3. The van der Waals surface area contributed by atoms with Crippen LogP contribution in [0, 0.1) is 0 Å². The molecule has 1 atom stereocenters. The molecule has 0 aliphatic rings. The topological polar surface area (TPSA) is 104 Å². The Hall–Kier alpha value is -1.73. The van der Waals surface area contributed by atoms with Gasteiger partial charge in [0.25, 0.3) is 5.91 Å². The standard InChI is InChI=1S/C9H9NO5S/c11-8(12)5-10-9(13)6-1-3-7(4-2-6)16(14)15/h1-4H,5H2,(H,10,13)(H,11,12)(H,14,15). The molecule has 1 aromatic rings. The normalized spacial score (nSPS) is 11.8. The average molecular weight is 243 g/mol. The van der Waals surface area contributed by atoms with Crippen molar-refractivity contribution in [2.24, 2.45) is 0 Å². The molecule has 0 saturated heterocycles. The third-order valence-electron chi connectivity index (χ3n) is 1.72. The molecule has 7 heteroatoms. The SMILES string of the molecule is O=C(O)CNC(=O)c1ccc(S(=O)O)cc1. The third-order valence-corrected chi connectivity index (χ3v) is 2.39. The Labute approximate surface area is 93.6 Å². The van der Waals surface area contributed by atoms with Crippen LogP contribution < -0.4 is 5.32 Å². The van der Waals surface area contributed by atoms with Gasteiger partial charge in [-0.05, 0) is 24.3 Å². The van der Waals surface area contributed by atoms with Crippen LogP contribution in [-0.2, 0) is 15.9 Å². The molecule has 0 saturated carbocycles. The monoisotopic (exact) mass is 243 g/mol. The molecular weight excluding hydrogens is 234 g/mol. The Morgan fingerprint density at radius 3 is 2.25 bits per heavy atom. The lowest BCUT2D eigenvalue weighted by molar-refractivity contribution is -0.135. The molecule has 0 aromatic heterocycles. The molecule has 16 heavy (non-hydrogen) atoms. The van der Waals surface area contributed by atoms with E-state index in [0.717, 1.165) is 0 Å². The quantitative estimate of drug-likeness (QED) is 0.650. The number of carboxylic acid groups (broad SMARTS) is 1. The zero-order chi connectivity index (χ0) is 12.1. The highest BCUT2D eigenvalue weighted by molar-refractivity contribution is 7.79. The number of nitrogens with one attached hydrogen (secondary N) is 1. The lowest BCUT2D eigenvalue weighted by Crippen LogP contribution is -2.29. The zero-order valence-electron chi connectivity index (χ0n) is 8.04. The van der Waals surface area contributed by atoms with Gasteiger partial charge in [0.1, 0.15) is 6.54 Å². The van der Waals surface area contributed by atoms with Crippen LogP contribution in [0.5, 0.6) is 0 Å². The van der Waals surface area contributed by atoms with Crippen molar-refractivity contribution in [2.75, 3.05) is 6.54 Å². The largest absolute Gasteiger partial charge is 0.480 e. The summed E-state index contributed by atoms with van der Waals surface area (Å²) in [5.41, 5.74) is 0.232. The summed E-state index contributed by atoms with van der Waals surface area (Å²) in [4.78, 5) is 21.7. The summed E-state index contributed by atoms with van der Waals surface area (Å²) in [6, 6.07) is 5.35.